The number of urea groups is 1. The first kappa shape index (κ1) is 14.5. The molecule has 0 aromatic heterocycles. The molecule has 4 N–H and O–H groups in total. The number of hydrogen-bond donors (Lipinski definition) is 2. The van der Waals surface area contributed by atoms with Gasteiger partial charge in [0.15, 0.2) is 0 Å². The molecule has 0 heterocycles. The maximum atomic E-state index is 9.00. The Hall–Kier alpha value is -1.03. The van der Waals surface area contributed by atoms with E-state index in [1.54, 1.807) is 0 Å². The van der Waals surface area contributed by atoms with E-state index in [1.807, 2.05) is 6.08 Å². The minimum Gasteiger partial charge on any atom is -0.376 e. The molecule has 0 radical (unpaired) electrons. The number of nitrogens with two attached hydrogens (primary N) is 2. The first-order valence-electron chi connectivity index (χ1n) is 4.09. The van der Waals surface area contributed by atoms with E-state index in [0.29, 0.717) is 0 Å². The summed E-state index contributed by atoms with van der Waals surface area (Å²) in [6, 6.07) is -0.833. The molecule has 0 aromatic carbocycles. The van der Waals surface area contributed by atoms with Gasteiger partial charge >= 0.3 is 6.03 Å². The molecule has 4 heteroatoms. The molecular formula is C9H20N2O2. The molecule has 0 spiro atoms. The standard InChI is InChI=1S/C8H16O.CH4N2O/c1-5-6-7-9-8(2,3)4;2-1(3)4/h5H,1,6-7H2,2-4H3;(H4,2,3,4). The Kier molecular flexibility index (Phi) is 8.48. The fourth-order valence-corrected chi connectivity index (χ4v) is 0.448. The Balaban J connectivity index is 0. The van der Waals surface area contributed by atoms with E-state index in [9.17, 15) is 0 Å². The van der Waals surface area contributed by atoms with Gasteiger partial charge in [-0.1, -0.05) is 6.08 Å². The maximum absolute atomic E-state index is 9.00. The molecule has 0 aromatic rings. The summed E-state index contributed by atoms with van der Waals surface area (Å²) in [5, 5.41) is 0. The molecule has 0 saturated carbocycles. The molecule has 13 heavy (non-hydrogen) atoms. The molecule has 2 amide bonds. The third kappa shape index (κ3) is 35.7. The normalized spacial score (nSPS) is 9.77. The van der Waals surface area contributed by atoms with Gasteiger partial charge < -0.3 is 16.2 Å². The summed E-state index contributed by atoms with van der Waals surface area (Å²) < 4.78 is 5.40. The second-order valence-corrected chi connectivity index (χ2v) is 3.44. The molecule has 0 fully saturated rings. The van der Waals surface area contributed by atoms with Crippen LogP contribution in [-0.4, -0.2) is 18.2 Å². The van der Waals surface area contributed by atoms with E-state index in [-0.39, 0.29) is 5.60 Å². The first-order chi connectivity index (χ1) is 5.79. The highest BCUT2D eigenvalue weighted by Crippen LogP contribution is 2.06. The first-order valence-corrected chi connectivity index (χ1v) is 4.09. The summed E-state index contributed by atoms with van der Waals surface area (Å²) in [7, 11) is 0. The highest BCUT2D eigenvalue weighted by Gasteiger charge is 2.07. The Labute approximate surface area is 79.9 Å². The van der Waals surface area contributed by atoms with Gasteiger partial charge in [-0.3, -0.25) is 0 Å². The van der Waals surface area contributed by atoms with Crippen molar-refractivity contribution in [1.29, 1.82) is 0 Å². The Morgan fingerprint density at radius 3 is 2.08 bits per heavy atom. The molecule has 0 rings (SSSR count). The van der Waals surface area contributed by atoms with E-state index in [1.165, 1.54) is 0 Å². The van der Waals surface area contributed by atoms with Crippen LogP contribution in [0.15, 0.2) is 12.7 Å². The highest BCUT2D eigenvalue weighted by atomic mass is 16.5. The topological polar surface area (TPSA) is 78.3 Å². The van der Waals surface area contributed by atoms with Crippen molar-refractivity contribution in [2.75, 3.05) is 6.61 Å². The summed E-state index contributed by atoms with van der Waals surface area (Å²) in [4.78, 5) is 9.00. The second kappa shape index (κ2) is 7.61. The predicted octanol–water partition coefficient (Wildman–Crippen LogP) is 1.40. The third-order valence-electron chi connectivity index (χ3n) is 0.857. The van der Waals surface area contributed by atoms with Crippen LogP contribution in [0.2, 0.25) is 0 Å². The van der Waals surface area contributed by atoms with E-state index in [0.717, 1.165) is 13.0 Å². The number of rotatable bonds is 3. The minimum atomic E-state index is -0.833. The van der Waals surface area contributed by atoms with Crippen molar-refractivity contribution < 1.29 is 9.53 Å². The van der Waals surface area contributed by atoms with Crippen LogP contribution in [0.5, 0.6) is 0 Å². The summed E-state index contributed by atoms with van der Waals surface area (Å²) in [6.07, 6.45) is 2.81. The highest BCUT2D eigenvalue weighted by molar-refractivity contribution is 5.69. The van der Waals surface area contributed by atoms with Gasteiger partial charge in [0.2, 0.25) is 0 Å². The fourth-order valence-electron chi connectivity index (χ4n) is 0.448. The summed E-state index contributed by atoms with van der Waals surface area (Å²) in [5.74, 6) is 0. The fraction of sp³-hybridized carbons (Fsp3) is 0.667. The van der Waals surface area contributed by atoms with Gasteiger partial charge in [0.05, 0.1) is 12.2 Å². The maximum Gasteiger partial charge on any atom is 0.309 e. The number of carbonyl (C=O) groups excluding carboxylic acids is 1. The predicted molar refractivity (Wildman–Crippen MR) is 54.3 cm³/mol. The van der Waals surface area contributed by atoms with Crippen LogP contribution in [0.3, 0.4) is 0 Å². The monoisotopic (exact) mass is 188 g/mol. The van der Waals surface area contributed by atoms with Crippen LogP contribution in [0.25, 0.3) is 0 Å². The van der Waals surface area contributed by atoms with Crippen molar-refractivity contribution in [3.8, 4) is 0 Å². The molecule has 0 saturated heterocycles. The molecule has 0 atom stereocenters. The van der Waals surface area contributed by atoms with Gasteiger partial charge in [0.25, 0.3) is 0 Å². The van der Waals surface area contributed by atoms with Crippen LogP contribution in [-0.2, 0) is 4.74 Å². The zero-order chi connectivity index (χ0) is 10.9. The summed E-state index contributed by atoms with van der Waals surface area (Å²) >= 11 is 0. The lowest BCUT2D eigenvalue weighted by Crippen LogP contribution is -2.19. The molecule has 78 valence electrons. The average molecular weight is 188 g/mol. The zero-order valence-electron chi connectivity index (χ0n) is 8.67. The number of carbonyl (C=O) groups is 1. The number of amides is 2. The smallest absolute Gasteiger partial charge is 0.309 e. The minimum absolute atomic E-state index is 0.00299. The number of hydrogen-bond acceptors (Lipinski definition) is 2. The van der Waals surface area contributed by atoms with Gasteiger partial charge in [-0.05, 0) is 27.2 Å². The quantitative estimate of drug-likeness (QED) is 0.518. The van der Waals surface area contributed by atoms with Crippen molar-refractivity contribution in [3.63, 3.8) is 0 Å². The lowest BCUT2D eigenvalue weighted by Gasteiger charge is -2.18. The summed E-state index contributed by atoms with van der Waals surface area (Å²) in [5.41, 5.74) is 8.50. The largest absolute Gasteiger partial charge is 0.376 e. The molecule has 4 nitrogen and oxygen atoms in total. The summed E-state index contributed by atoms with van der Waals surface area (Å²) in [6.45, 7) is 10.5. The van der Waals surface area contributed by atoms with Gasteiger partial charge in [-0.2, -0.15) is 0 Å². The Morgan fingerprint density at radius 1 is 1.46 bits per heavy atom. The van der Waals surface area contributed by atoms with Crippen molar-refractivity contribution in [1.82, 2.24) is 0 Å². The van der Waals surface area contributed by atoms with Crippen molar-refractivity contribution in [2.24, 2.45) is 11.5 Å². The molecule has 0 aliphatic heterocycles. The van der Waals surface area contributed by atoms with Crippen molar-refractivity contribution in [3.05, 3.63) is 12.7 Å². The number of primary amides is 2. The van der Waals surface area contributed by atoms with E-state index in [4.69, 9.17) is 9.53 Å². The second-order valence-electron chi connectivity index (χ2n) is 3.44. The van der Waals surface area contributed by atoms with Crippen LogP contribution >= 0.6 is 0 Å². The lowest BCUT2D eigenvalue weighted by atomic mass is 10.2. The third-order valence-corrected chi connectivity index (χ3v) is 0.857. The van der Waals surface area contributed by atoms with Gasteiger partial charge in [0.1, 0.15) is 0 Å². The van der Waals surface area contributed by atoms with Crippen LogP contribution < -0.4 is 11.5 Å². The molecule has 0 bridgehead atoms. The van der Waals surface area contributed by atoms with E-state index in [2.05, 4.69) is 38.8 Å². The van der Waals surface area contributed by atoms with E-state index >= 15 is 0 Å². The molecular weight excluding hydrogens is 168 g/mol. The number of ether oxygens (including phenoxy) is 1. The van der Waals surface area contributed by atoms with E-state index < -0.39 is 6.03 Å². The average Bonchev–Trinajstić information content (AvgIpc) is 1.83. The van der Waals surface area contributed by atoms with Crippen LogP contribution in [0, 0.1) is 0 Å². The van der Waals surface area contributed by atoms with Gasteiger partial charge in [-0.25, -0.2) is 4.79 Å². The van der Waals surface area contributed by atoms with Gasteiger partial charge in [-0.15, -0.1) is 6.58 Å². The van der Waals surface area contributed by atoms with Crippen LogP contribution in [0.4, 0.5) is 4.79 Å². The van der Waals surface area contributed by atoms with Crippen molar-refractivity contribution in [2.45, 2.75) is 32.8 Å². The molecule has 0 aliphatic rings. The zero-order valence-corrected chi connectivity index (χ0v) is 8.67. The molecule has 0 aliphatic carbocycles. The Bertz CT molecular complexity index is 146. The Morgan fingerprint density at radius 2 is 1.85 bits per heavy atom. The lowest BCUT2D eigenvalue weighted by molar-refractivity contribution is -0.0000790. The van der Waals surface area contributed by atoms with Crippen LogP contribution in [0.1, 0.15) is 27.2 Å². The SMILES string of the molecule is C=CCCOC(C)(C)C.NC(N)=O. The van der Waals surface area contributed by atoms with Gasteiger partial charge in [0, 0.05) is 0 Å². The van der Waals surface area contributed by atoms with Crippen molar-refractivity contribution >= 4 is 6.03 Å². The molecule has 0 unspecified atom stereocenters.